The summed E-state index contributed by atoms with van der Waals surface area (Å²) in [7, 11) is 0. The Hall–Kier alpha value is -3.89. The van der Waals surface area contributed by atoms with Crippen molar-refractivity contribution < 1.29 is 38.2 Å². The molecule has 6 heterocycles. The van der Waals surface area contributed by atoms with Gasteiger partial charge in [-0.2, -0.15) is 0 Å². The molecule has 4 fully saturated rings. The summed E-state index contributed by atoms with van der Waals surface area (Å²) in [5.41, 5.74) is 8.93. The third-order valence-electron chi connectivity index (χ3n) is 10.9. The van der Waals surface area contributed by atoms with Gasteiger partial charge in [-0.1, -0.05) is 31.2 Å². The third kappa shape index (κ3) is 4.25. The quantitative estimate of drug-likeness (QED) is 0.257. The number of aliphatic carboxylic acids is 1. The highest BCUT2D eigenvalue weighted by Crippen LogP contribution is 2.49. The second kappa shape index (κ2) is 9.82. The number of carbonyl (C=O) groups excluding carboxylic acids is 2. The molecule has 10 heteroatoms. The van der Waals surface area contributed by atoms with Gasteiger partial charge in [-0.25, -0.2) is 4.79 Å². The lowest BCUT2D eigenvalue weighted by Gasteiger charge is -2.54. The Morgan fingerprint density at radius 1 is 1.16 bits per heavy atom. The fourth-order valence-corrected chi connectivity index (χ4v) is 8.49. The molecule has 2 bridgehead atoms. The Balaban J connectivity index is 1.17. The number of primary amides is 1. The van der Waals surface area contributed by atoms with Crippen LogP contribution >= 0.6 is 0 Å². The molecule has 2 aromatic carbocycles. The number of nitrogens with zero attached hydrogens (tertiary/aromatic N) is 2. The maximum absolute atomic E-state index is 12.7. The smallest absolute Gasteiger partial charge is 0.352 e. The molecular formula is C33H38N3O7+. The highest BCUT2D eigenvalue weighted by molar-refractivity contribution is 6.09. The lowest BCUT2D eigenvalue weighted by Crippen LogP contribution is -2.64. The number of aliphatic hydroxyl groups is 1. The zero-order valence-corrected chi connectivity index (χ0v) is 24.5. The highest BCUT2D eigenvalue weighted by atomic mass is 16.5. The van der Waals surface area contributed by atoms with Crippen LogP contribution in [0, 0.1) is 17.3 Å². The second-order valence-electron chi connectivity index (χ2n) is 13.3. The minimum atomic E-state index is -1.17. The molecule has 226 valence electrons. The van der Waals surface area contributed by atoms with Gasteiger partial charge in [0.1, 0.15) is 29.2 Å². The predicted octanol–water partition coefficient (Wildman–Crippen LogP) is 3.19. The van der Waals surface area contributed by atoms with Crippen molar-refractivity contribution in [1.29, 1.82) is 0 Å². The highest BCUT2D eigenvalue weighted by Gasteiger charge is 2.60. The van der Waals surface area contributed by atoms with E-state index in [2.05, 4.69) is 12.1 Å². The number of β-lactam (4-membered cyclic amide) rings is 1. The fourth-order valence-electron chi connectivity index (χ4n) is 8.49. The summed E-state index contributed by atoms with van der Waals surface area (Å²) in [6.07, 6.45) is 3.21. The Bertz CT molecular complexity index is 1680. The number of ether oxygens (including phenoxy) is 1. The lowest BCUT2D eigenvalue weighted by atomic mass is 9.67. The topological polar surface area (TPSA) is 143 Å². The van der Waals surface area contributed by atoms with Crippen molar-refractivity contribution in [3.63, 3.8) is 0 Å². The number of benzene rings is 2. The number of furan rings is 1. The molecule has 3 unspecified atom stereocenters. The second-order valence-corrected chi connectivity index (χ2v) is 13.3. The Morgan fingerprint density at radius 3 is 2.51 bits per heavy atom. The van der Waals surface area contributed by atoms with E-state index in [0.29, 0.717) is 23.5 Å². The van der Waals surface area contributed by atoms with Gasteiger partial charge in [-0.05, 0) is 36.5 Å². The third-order valence-corrected chi connectivity index (χ3v) is 10.9. The van der Waals surface area contributed by atoms with E-state index < -0.39 is 18.0 Å². The number of carbonyl (C=O) groups is 3. The molecule has 8 rings (SSSR count). The minimum Gasteiger partial charge on any atom is -0.488 e. The monoisotopic (exact) mass is 588 g/mol. The number of hydrogen-bond donors (Lipinski definition) is 3. The number of carboxylic acid groups (broad SMARTS) is 1. The zero-order valence-electron chi connectivity index (χ0n) is 24.5. The van der Waals surface area contributed by atoms with Crippen molar-refractivity contribution in [1.82, 2.24) is 4.90 Å². The number of nitrogens with two attached hydrogens (primary N) is 1. The molecule has 4 N–H and O–H groups in total. The number of para-hydroxylation sites is 1. The number of hydrogen-bond acceptors (Lipinski definition) is 6. The minimum absolute atomic E-state index is 0.00943. The molecule has 1 aromatic heterocycles. The Morgan fingerprint density at radius 2 is 1.86 bits per heavy atom. The summed E-state index contributed by atoms with van der Waals surface area (Å²) in [4.78, 5) is 38.0. The number of fused-ring (bicyclic) bond motifs is 7. The van der Waals surface area contributed by atoms with Crippen LogP contribution < -0.4 is 10.5 Å². The first-order valence-corrected chi connectivity index (χ1v) is 15.2. The molecule has 2 amide bonds. The summed E-state index contributed by atoms with van der Waals surface area (Å²) in [6.45, 7) is 6.83. The summed E-state index contributed by atoms with van der Waals surface area (Å²) >= 11 is 0. The first-order valence-electron chi connectivity index (χ1n) is 15.2. The summed E-state index contributed by atoms with van der Waals surface area (Å²) in [6, 6.07) is 11.5. The number of piperidine rings is 3. The van der Waals surface area contributed by atoms with Crippen LogP contribution in [0.5, 0.6) is 5.75 Å². The largest absolute Gasteiger partial charge is 0.488 e. The van der Waals surface area contributed by atoms with Crippen LogP contribution in [0.4, 0.5) is 0 Å². The van der Waals surface area contributed by atoms with Gasteiger partial charge in [0, 0.05) is 36.1 Å². The molecule has 0 spiro atoms. The average Bonchev–Trinajstić information content (AvgIpc) is 3.46. The number of quaternary nitrogens is 1. The molecular weight excluding hydrogens is 550 g/mol. The van der Waals surface area contributed by atoms with Gasteiger partial charge < -0.3 is 34.5 Å². The van der Waals surface area contributed by atoms with Crippen LogP contribution in [0.1, 0.15) is 38.7 Å². The van der Waals surface area contributed by atoms with Gasteiger partial charge in [0.15, 0.2) is 6.54 Å². The predicted molar refractivity (Wildman–Crippen MR) is 158 cm³/mol. The zero-order chi connectivity index (χ0) is 30.3. The molecule has 0 aliphatic carbocycles. The van der Waals surface area contributed by atoms with Gasteiger partial charge in [0.05, 0.1) is 43.1 Å². The van der Waals surface area contributed by atoms with E-state index in [1.807, 2.05) is 31.2 Å². The van der Waals surface area contributed by atoms with E-state index in [1.165, 1.54) is 4.90 Å². The molecule has 0 saturated carbocycles. The molecule has 3 aromatic rings. The summed E-state index contributed by atoms with van der Waals surface area (Å²) in [5, 5.41) is 21.9. The average molecular weight is 589 g/mol. The van der Waals surface area contributed by atoms with Crippen molar-refractivity contribution in [2.24, 2.45) is 23.0 Å². The van der Waals surface area contributed by atoms with Crippen LogP contribution in [0.2, 0.25) is 0 Å². The van der Waals surface area contributed by atoms with E-state index >= 15 is 0 Å². The SMILES string of the molecule is CC(O)C1C(=O)N2C(C(=O)O)=C(COc3cccc4oc5c(CC67CC[N+](CC(N)=O)(CC6)CC7)cccc5c34)[C@H](C)C12. The van der Waals surface area contributed by atoms with Crippen molar-refractivity contribution in [3.8, 4) is 5.75 Å². The maximum atomic E-state index is 12.7. The fraction of sp³-hybridized carbons (Fsp3) is 0.485. The summed E-state index contributed by atoms with van der Waals surface area (Å²) < 4.78 is 13.6. The van der Waals surface area contributed by atoms with Crippen LogP contribution in [0.15, 0.2) is 52.1 Å². The Labute approximate surface area is 249 Å². The van der Waals surface area contributed by atoms with E-state index in [0.717, 1.165) is 71.7 Å². The van der Waals surface area contributed by atoms with E-state index in [-0.39, 0.29) is 41.5 Å². The molecule has 4 atom stereocenters. The maximum Gasteiger partial charge on any atom is 0.352 e. The summed E-state index contributed by atoms with van der Waals surface area (Å²) in [5.74, 6) is -2.04. The van der Waals surface area contributed by atoms with Crippen molar-refractivity contribution >= 4 is 39.7 Å². The first-order chi connectivity index (χ1) is 20.5. The van der Waals surface area contributed by atoms with Gasteiger partial charge in [-0.15, -0.1) is 0 Å². The Kier molecular flexibility index (Phi) is 6.37. The molecule has 43 heavy (non-hydrogen) atoms. The normalized spacial score (nSPS) is 30.5. The van der Waals surface area contributed by atoms with E-state index in [1.54, 1.807) is 6.92 Å². The van der Waals surface area contributed by atoms with Gasteiger partial charge >= 0.3 is 5.97 Å². The van der Waals surface area contributed by atoms with Gasteiger partial charge in [0.25, 0.3) is 5.91 Å². The molecule has 5 aliphatic rings. The van der Waals surface area contributed by atoms with Crippen molar-refractivity contribution in [2.45, 2.75) is 51.7 Å². The van der Waals surface area contributed by atoms with Crippen molar-refractivity contribution in [3.05, 3.63) is 53.2 Å². The van der Waals surface area contributed by atoms with E-state index in [9.17, 15) is 24.6 Å². The standard InChI is InChI=1S/C33H37N3O7/c1-18-22(29(32(40)41)35-28(18)26(19(2)37)31(35)39)17-42-23-7-4-8-24-27(23)21-6-3-5-20(30(21)43-24)15-33-9-12-36(13-10-33,14-11-33)16-25(34)38/h3-8,18-19,26,28,37H,9-17H2,1-2H3,(H2-,34,38,40,41)/p+1/t18-,19?,26?,28?,33?,36?/m0/s1. The van der Waals surface area contributed by atoms with Gasteiger partial charge in [-0.3, -0.25) is 9.59 Å². The number of amides is 2. The molecule has 0 radical (unpaired) electrons. The van der Waals surface area contributed by atoms with Crippen LogP contribution in [0.3, 0.4) is 0 Å². The number of aliphatic hydroxyl groups excluding tert-OH is 1. The van der Waals surface area contributed by atoms with Crippen LogP contribution in [0.25, 0.3) is 21.9 Å². The molecule has 4 saturated heterocycles. The number of rotatable bonds is 9. The molecule has 5 aliphatic heterocycles. The van der Waals surface area contributed by atoms with Crippen molar-refractivity contribution in [2.75, 3.05) is 32.8 Å². The molecule has 10 nitrogen and oxygen atoms in total. The lowest BCUT2D eigenvalue weighted by molar-refractivity contribution is -0.938. The van der Waals surface area contributed by atoms with Gasteiger partial charge in [0.2, 0.25) is 5.91 Å². The number of carboxylic acids is 1. The first kappa shape index (κ1) is 27.9. The van der Waals surface area contributed by atoms with Crippen LogP contribution in [-0.4, -0.2) is 82.3 Å². The van der Waals surface area contributed by atoms with Crippen LogP contribution in [-0.2, 0) is 20.8 Å². The van der Waals surface area contributed by atoms with E-state index in [4.69, 9.17) is 14.9 Å².